The Morgan fingerprint density at radius 3 is 2.52 bits per heavy atom. The summed E-state index contributed by atoms with van der Waals surface area (Å²) in [6.07, 6.45) is 0. The van der Waals surface area contributed by atoms with Gasteiger partial charge in [-0.15, -0.1) is 0 Å². The van der Waals surface area contributed by atoms with Crippen molar-refractivity contribution in [3.8, 4) is 0 Å². The van der Waals surface area contributed by atoms with E-state index < -0.39 is 24.2 Å². The minimum atomic E-state index is -0.784. The van der Waals surface area contributed by atoms with E-state index in [4.69, 9.17) is 27.9 Å². The predicted octanol–water partition coefficient (Wildman–Crippen LogP) is 4.17. The number of halogens is 3. The van der Waals surface area contributed by atoms with E-state index in [-0.39, 0.29) is 16.1 Å². The van der Waals surface area contributed by atoms with E-state index in [1.807, 2.05) is 0 Å². The lowest BCUT2D eigenvalue weighted by atomic mass is 10.1. The monoisotopic (exact) mass is 326 g/mol. The average Bonchev–Trinajstić information content (AvgIpc) is 2.44. The topological polar surface area (TPSA) is 43.4 Å². The molecule has 6 heteroatoms. The first-order valence-corrected chi connectivity index (χ1v) is 6.64. The highest BCUT2D eigenvalue weighted by Crippen LogP contribution is 2.21. The van der Waals surface area contributed by atoms with Gasteiger partial charge in [-0.3, -0.25) is 4.79 Å². The third kappa shape index (κ3) is 4.03. The number of ketones is 1. The van der Waals surface area contributed by atoms with Crippen LogP contribution in [0.15, 0.2) is 42.5 Å². The number of rotatable bonds is 4. The second kappa shape index (κ2) is 6.70. The number of benzene rings is 2. The highest BCUT2D eigenvalue weighted by Gasteiger charge is 2.14. The predicted molar refractivity (Wildman–Crippen MR) is 77.5 cm³/mol. The molecule has 0 aliphatic rings. The van der Waals surface area contributed by atoms with Crippen LogP contribution in [0.5, 0.6) is 0 Å². The van der Waals surface area contributed by atoms with Crippen LogP contribution in [0.25, 0.3) is 0 Å². The Bertz CT molecular complexity index is 701. The molecule has 0 unspecified atom stereocenters. The zero-order chi connectivity index (χ0) is 15.4. The maximum absolute atomic E-state index is 13.0. The van der Waals surface area contributed by atoms with E-state index in [9.17, 15) is 14.0 Å². The van der Waals surface area contributed by atoms with Crippen LogP contribution in [-0.4, -0.2) is 18.4 Å². The van der Waals surface area contributed by atoms with E-state index in [2.05, 4.69) is 0 Å². The molecule has 0 aliphatic carbocycles. The first kappa shape index (κ1) is 15.5. The second-order valence-corrected chi connectivity index (χ2v) is 4.98. The molecule has 21 heavy (non-hydrogen) atoms. The Kier molecular flexibility index (Phi) is 4.94. The van der Waals surface area contributed by atoms with Gasteiger partial charge in [0.1, 0.15) is 5.82 Å². The molecule has 0 N–H and O–H groups in total. The van der Waals surface area contributed by atoms with Gasteiger partial charge in [-0.2, -0.15) is 0 Å². The van der Waals surface area contributed by atoms with Crippen molar-refractivity contribution in [3.05, 3.63) is 69.5 Å². The van der Waals surface area contributed by atoms with Crippen molar-refractivity contribution < 1.29 is 18.7 Å². The standard InChI is InChI=1S/C15H9Cl2FO3/c16-10-4-5-12(13(17)7-10)14(19)8-21-15(20)9-2-1-3-11(18)6-9/h1-7H,8H2. The van der Waals surface area contributed by atoms with E-state index >= 15 is 0 Å². The van der Waals surface area contributed by atoms with E-state index in [0.29, 0.717) is 5.02 Å². The lowest BCUT2D eigenvalue weighted by Gasteiger charge is -2.06. The second-order valence-electron chi connectivity index (χ2n) is 4.13. The molecule has 0 aromatic heterocycles. The number of carbonyl (C=O) groups is 2. The van der Waals surface area contributed by atoms with Crippen LogP contribution in [0.4, 0.5) is 4.39 Å². The van der Waals surface area contributed by atoms with Crippen molar-refractivity contribution in [1.29, 1.82) is 0 Å². The Morgan fingerprint density at radius 2 is 1.86 bits per heavy atom. The summed E-state index contributed by atoms with van der Waals surface area (Å²) in [6, 6.07) is 9.38. The van der Waals surface area contributed by atoms with Crippen LogP contribution in [0.2, 0.25) is 10.0 Å². The molecule has 0 amide bonds. The molecule has 2 rings (SSSR count). The molecule has 2 aromatic rings. The number of hydrogen-bond donors (Lipinski definition) is 0. The molecule has 0 saturated heterocycles. The van der Waals surface area contributed by atoms with Crippen LogP contribution in [0, 0.1) is 5.82 Å². The van der Waals surface area contributed by atoms with Gasteiger partial charge in [0.05, 0.1) is 10.6 Å². The molecule has 0 saturated carbocycles. The number of ether oxygens (including phenoxy) is 1. The van der Waals surface area contributed by atoms with Gasteiger partial charge in [0, 0.05) is 10.6 Å². The quantitative estimate of drug-likeness (QED) is 0.625. The molecule has 0 fully saturated rings. The zero-order valence-corrected chi connectivity index (χ0v) is 12.1. The lowest BCUT2D eigenvalue weighted by molar-refractivity contribution is 0.0474. The molecule has 2 aromatic carbocycles. The molecular weight excluding hydrogens is 318 g/mol. The number of carbonyl (C=O) groups excluding carboxylic acids is 2. The van der Waals surface area contributed by atoms with Gasteiger partial charge in [-0.25, -0.2) is 9.18 Å². The Balaban J connectivity index is 2.02. The van der Waals surface area contributed by atoms with Crippen LogP contribution < -0.4 is 0 Å². The maximum atomic E-state index is 13.0. The van der Waals surface area contributed by atoms with Gasteiger partial charge in [0.25, 0.3) is 0 Å². The maximum Gasteiger partial charge on any atom is 0.338 e. The number of Topliss-reactive ketones (excluding diaryl/α,β-unsaturated/α-hetero) is 1. The van der Waals surface area contributed by atoms with Crippen molar-refractivity contribution in [1.82, 2.24) is 0 Å². The normalized spacial score (nSPS) is 10.2. The smallest absolute Gasteiger partial charge is 0.338 e. The van der Waals surface area contributed by atoms with Crippen LogP contribution in [0.1, 0.15) is 20.7 Å². The zero-order valence-electron chi connectivity index (χ0n) is 10.6. The van der Waals surface area contributed by atoms with E-state index in [0.717, 1.165) is 6.07 Å². The summed E-state index contributed by atoms with van der Waals surface area (Å²) in [7, 11) is 0. The van der Waals surface area contributed by atoms with E-state index in [1.54, 1.807) is 0 Å². The Labute approximate surface area is 130 Å². The molecule has 0 atom stereocenters. The minimum absolute atomic E-state index is 0.0324. The molecule has 0 radical (unpaired) electrons. The number of esters is 1. The van der Waals surface area contributed by atoms with E-state index in [1.165, 1.54) is 36.4 Å². The van der Waals surface area contributed by atoms with Crippen molar-refractivity contribution in [2.24, 2.45) is 0 Å². The molecule has 3 nitrogen and oxygen atoms in total. The fourth-order valence-electron chi connectivity index (χ4n) is 1.62. The summed E-state index contributed by atoms with van der Waals surface area (Å²) in [5, 5.41) is 0.572. The first-order valence-electron chi connectivity index (χ1n) is 5.88. The van der Waals surface area contributed by atoms with Gasteiger partial charge >= 0.3 is 5.97 Å². The van der Waals surface area contributed by atoms with Crippen molar-refractivity contribution in [2.75, 3.05) is 6.61 Å². The Morgan fingerprint density at radius 1 is 1.10 bits per heavy atom. The van der Waals surface area contributed by atoms with Crippen molar-refractivity contribution >= 4 is 35.0 Å². The van der Waals surface area contributed by atoms with Gasteiger partial charge in [-0.1, -0.05) is 29.3 Å². The van der Waals surface area contributed by atoms with Crippen molar-refractivity contribution in [2.45, 2.75) is 0 Å². The fourth-order valence-corrected chi connectivity index (χ4v) is 2.14. The molecule has 0 heterocycles. The fraction of sp³-hybridized carbons (Fsp3) is 0.0667. The van der Waals surface area contributed by atoms with Crippen LogP contribution in [0.3, 0.4) is 0 Å². The summed E-state index contributed by atoms with van der Waals surface area (Å²) >= 11 is 11.6. The third-order valence-corrected chi connectivity index (χ3v) is 3.17. The minimum Gasteiger partial charge on any atom is -0.454 e. The SMILES string of the molecule is O=C(OCC(=O)c1ccc(Cl)cc1Cl)c1cccc(F)c1. The lowest BCUT2D eigenvalue weighted by Crippen LogP contribution is -2.14. The largest absolute Gasteiger partial charge is 0.454 e. The molecule has 0 bridgehead atoms. The summed E-state index contributed by atoms with van der Waals surface area (Å²) in [4.78, 5) is 23.6. The summed E-state index contributed by atoms with van der Waals surface area (Å²) in [5.41, 5.74) is 0.234. The molecule has 0 aliphatic heterocycles. The van der Waals surface area contributed by atoms with Gasteiger partial charge in [0.2, 0.25) is 5.78 Å². The molecule has 0 spiro atoms. The highest BCUT2D eigenvalue weighted by atomic mass is 35.5. The third-order valence-electron chi connectivity index (χ3n) is 2.63. The van der Waals surface area contributed by atoms with Crippen LogP contribution in [-0.2, 0) is 4.74 Å². The number of hydrogen-bond acceptors (Lipinski definition) is 3. The summed E-state index contributed by atoms with van der Waals surface area (Å²) < 4.78 is 17.8. The van der Waals surface area contributed by atoms with Gasteiger partial charge in [0.15, 0.2) is 6.61 Å². The highest BCUT2D eigenvalue weighted by molar-refractivity contribution is 6.36. The van der Waals surface area contributed by atoms with Crippen molar-refractivity contribution in [3.63, 3.8) is 0 Å². The summed E-state index contributed by atoms with van der Waals surface area (Å²) in [5.74, 6) is -1.81. The van der Waals surface area contributed by atoms with Gasteiger partial charge < -0.3 is 4.74 Å². The summed E-state index contributed by atoms with van der Waals surface area (Å²) in [6.45, 7) is -0.489. The molecular formula is C15H9Cl2FO3. The average molecular weight is 327 g/mol. The van der Waals surface area contributed by atoms with Gasteiger partial charge in [-0.05, 0) is 36.4 Å². The van der Waals surface area contributed by atoms with Crippen LogP contribution >= 0.6 is 23.2 Å². The first-order chi connectivity index (χ1) is 9.97. The molecule has 108 valence electrons. The Hall–Kier alpha value is -1.91.